The fourth-order valence-electron chi connectivity index (χ4n) is 2.27. The second kappa shape index (κ2) is 5.88. The lowest BCUT2D eigenvalue weighted by Gasteiger charge is -2.11. The molecule has 2 rings (SSSR count). The van der Waals surface area contributed by atoms with Gasteiger partial charge in [0.05, 0.1) is 20.1 Å². The molecule has 0 fully saturated rings. The highest BCUT2D eigenvalue weighted by molar-refractivity contribution is 5.88. The van der Waals surface area contributed by atoms with Crippen LogP contribution in [0.25, 0.3) is 11.1 Å². The lowest BCUT2D eigenvalue weighted by Crippen LogP contribution is -3.04. The molecule has 0 unspecified atom stereocenters. The Kier molecular flexibility index (Phi) is 4.20. The Bertz CT molecular complexity index is 615. The van der Waals surface area contributed by atoms with Crippen LogP contribution in [-0.4, -0.2) is 20.1 Å². The van der Waals surface area contributed by atoms with E-state index in [0.717, 1.165) is 23.2 Å². The molecule has 0 amide bonds. The Morgan fingerprint density at radius 2 is 1.75 bits per heavy atom. The van der Waals surface area contributed by atoms with Gasteiger partial charge in [0.2, 0.25) is 0 Å². The number of quaternary nitrogens is 1. The summed E-state index contributed by atoms with van der Waals surface area (Å²) in [6.07, 6.45) is 0. The molecule has 104 valence electrons. The molecule has 20 heavy (non-hydrogen) atoms. The van der Waals surface area contributed by atoms with Gasteiger partial charge in [0.1, 0.15) is 6.54 Å². The van der Waals surface area contributed by atoms with Crippen LogP contribution in [0.2, 0.25) is 0 Å². The van der Waals surface area contributed by atoms with Crippen molar-refractivity contribution < 1.29 is 14.8 Å². The van der Waals surface area contributed by atoms with Gasteiger partial charge in [0.15, 0.2) is 0 Å². The van der Waals surface area contributed by atoms with Crippen molar-refractivity contribution in [1.29, 1.82) is 0 Å². The number of aromatic carboxylic acids is 1. The molecule has 0 bridgehead atoms. The van der Waals surface area contributed by atoms with Gasteiger partial charge >= 0.3 is 0 Å². The molecule has 2 aromatic carbocycles. The number of rotatable bonds is 4. The second-order valence-electron chi connectivity index (χ2n) is 5.40. The van der Waals surface area contributed by atoms with Crippen molar-refractivity contribution in [3.05, 3.63) is 59.2 Å². The molecule has 0 aliphatic heterocycles. The fraction of sp³-hybridized carbons (Fsp3) is 0.235. The second-order valence-corrected chi connectivity index (χ2v) is 5.40. The zero-order chi connectivity index (χ0) is 14.7. The molecule has 1 N–H and O–H groups in total. The zero-order valence-corrected chi connectivity index (χ0v) is 12.1. The summed E-state index contributed by atoms with van der Waals surface area (Å²) in [6, 6.07) is 13.3. The molecular formula is C17H19NO2. The smallest absolute Gasteiger partial charge is 0.102 e. The predicted octanol–water partition coefficient (Wildman–Crippen LogP) is 0.670. The summed E-state index contributed by atoms with van der Waals surface area (Å²) >= 11 is 0. The predicted molar refractivity (Wildman–Crippen MR) is 77.5 cm³/mol. The number of carbonyl (C=O) groups excluding carboxylic acids is 1. The van der Waals surface area contributed by atoms with Gasteiger partial charge in [-0.05, 0) is 35.2 Å². The van der Waals surface area contributed by atoms with Crippen molar-refractivity contribution in [1.82, 2.24) is 0 Å². The van der Waals surface area contributed by atoms with Crippen LogP contribution in [0, 0.1) is 6.92 Å². The molecule has 3 heteroatoms. The highest BCUT2D eigenvalue weighted by atomic mass is 16.4. The Morgan fingerprint density at radius 1 is 1.10 bits per heavy atom. The van der Waals surface area contributed by atoms with E-state index in [1.807, 2.05) is 25.1 Å². The molecule has 0 saturated heterocycles. The summed E-state index contributed by atoms with van der Waals surface area (Å²) < 4.78 is 0. The number of aryl methyl sites for hydroxylation is 1. The number of carboxylic acid groups (broad SMARTS) is 1. The molecule has 0 aromatic heterocycles. The first kappa shape index (κ1) is 14.3. The van der Waals surface area contributed by atoms with Crippen LogP contribution in [0.15, 0.2) is 42.5 Å². The number of nitrogens with one attached hydrogen (secondary N) is 1. The third-order valence-corrected chi connectivity index (χ3v) is 3.30. The van der Waals surface area contributed by atoms with Crippen molar-refractivity contribution in [2.24, 2.45) is 0 Å². The Balaban J connectivity index is 2.36. The molecule has 3 nitrogen and oxygen atoms in total. The van der Waals surface area contributed by atoms with Gasteiger partial charge in [-0.25, -0.2) is 0 Å². The first-order valence-electron chi connectivity index (χ1n) is 6.67. The average molecular weight is 269 g/mol. The van der Waals surface area contributed by atoms with Gasteiger partial charge in [-0.3, -0.25) is 0 Å². The highest BCUT2D eigenvalue weighted by Gasteiger charge is 2.05. The molecule has 0 atom stereocenters. The molecule has 0 radical (unpaired) electrons. The van der Waals surface area contributed by atoms with E-state index in [1.54, 1.807) is 12.1 Å². The monoisotopic (exact) mass is 269 g/mol. The van der Waals surface area contributed by atoms with Gasteiger partial charge in [-0.1, -0.05) is 36.4 Å². The molecule has 0 spiro atoms. The van der Waals surface area contributed by atoms with Gasteiger partial charge in [-0.15, -0.1) is 0 Å². The summed E-state index contributed by atoms with van der Waals surface area (Å²) in [4.78, 5) is 12.3. The SMILES string of the molecule is Cc1ccc(C(=O)[O-])cc1-c1ccc(C[NH+](C)C)cc1. The minimum Gasteiger partial charge on any atom is -0.545 e. The van der Waals surface area contributed by atoms with Crippen LogP contribution in [0.5, 0.6) is 0 Å². The largest absolute Gasteiger partial charge is 0.545 e. The van der Waals surface area contributed by atoms with Crippen LogP contribution in [0.4, 0.5) is 0 Å². The fourth-order valence-corrected chi connectivity index (χ4v) is 2.27. The number of hydrogen-bond acceptors (Lipinski definition) is 2. The van der Waals surface area contributed by atoms with E-state index >= 15 is 0 Å². The minimum absolute atomic E-state index is 0.215. The van der Waals surface area contributed by atoms with Crippen LogP contribution in [0.1, 0.15) is 21.5 Å². The summed E-state index contributed by atoms with van der Waals surface area (Å²) in [7, 11) is 4.22. The van der Waals surface area contributed by atoms with E-state index in [4.69, 9.17) is 0 Å². The number of carbonyl (C=O) groups is 1. The van der Waals surface area contributed by atoms with Crippen LogP contribution < -0.4 is 10.0 Å². The molecule has 0 aliphatic carbocycles. The average Bonchev–Trinajstić information content (AvgIpc) is 2.39. The quantitative estimate of drug-likeness (QED) is 0.886. The van der Waals surface area contributed by atoms with E-state index in [9.17, 15) is 9.90 Å². The first-order chi connectivity index (χ1) is 9.47. The summed E-state index contributed by atoms with van der Waals surface area (Å²) in [5.74, 6) is -1.14. The van der Waals surface area contributed by atoms with Crippen molar-refractivity contribution in [3.8, 4) is 11.1 Å². The third-order valence-electron chi connectivity index (χ3n) is 3.30. The van der Waals surface area contributed by atoms with Crippen molar-refractivity contribution in [2.75, 3.05) is 14.1 Å². The van der Waals surface area contributed by atoms with E-state index in [2.05, 4.69) is 26.2 Å². The first-order valence-corrected chi connectivity index (χ1v) is 6.67. The number of benzene rings is 2. The normalized spacial score (nSPS) is 10.8. The lowest BCUT2D eigenvalue weighted by atomic mass is 9.97. The maximum atomic E-state index is 11.0. The standard InChI is InChI=1S/C17H19NO2/c1-12-4-7-15(17(19)20)10-16(12)14-8-5-13(6-9-14)11-18(2)3/h4-10H,11H2,1-3H3,(H,19,20). The molecule has 0 heterocycles. The molecule has 0 aliphatic rings. The van der Waals surface area contributed by atoms with Gasteiger partial charge in [0, 0.05) is 5.56 Å². The summed E-state index contributed by atoms with van der Waals surface area (Å²) in [5.41, 5.74) is 4.51. The van der Waals surface area contributed by atoms with E-state index in [0.29, 0.717) is 0 Å². The molecule has 2 aromatic rings. The minimum atomic E-state index is -1.14. The van der Waals surface area contributed by atoms with Crippen molar-refractivity contribution in [3.63, 3.8) is 0 Å². The van der Waals surface area contributed by atoms with Crippen molar-refractivity contribution >= 4 is 5.97 Å². The molecular weight excluding hydrogens is 250 g/mol. The Labute approximate surface area is 119 Å². The van der Waals surface area contributed by atoms with Gasteiger partial charge in [0.25, 0.3) is 0 Å². The third kappa shape index (κ3) is 3.25. The number of hydrogen-bond donors (Lipinski definition) is 1. The van der Waals surface area contributed by atoms with Gasteiger partial charge in [-0.2, -0.15) is 0 Å². The number of carboxylic acids is 1. The van der Waals surface area contributed by atoms with Gasteiger partial charge < -0.3 is 14.8 Å². The van der Waals surface area contributed by atoms with Crippen LogP contribution >= 0.6 is 0 Å². The Hall–Kier alpha value is -2.13. The van der Waals surface area contributed by atoms with Crippen molar-refractivity contribution in [2.45, 2.75) is 13.5 Å². The topological polar surface area (TPSA) is 44.6 Å². The van der Waals surface area contributed by atoms with Crippen LogP contribution in [-0.2, 0) is 6.54 Å². The molecule has 0 saturated carbocycles. The van der Waals surface area contributed by atoms with E-state index in [-0.39, 0.29) is 5.56 Å². The van der Waals surface area contributed by atoms with Crippen LogP contribution in [0.3, 0.4) is 0 Å². The van der Waals surface area contributed by atoms with E-state index < -0.39 is 5.97 Å². The maximum Gasteiger partial charge on any atom is 0.102 e. The highest BCUT2D eigenvalue weighted by Crippen LogP contribution is 2.24. The van der Waals surface area contributed by atoms with E-state index in [1.165, 1.54) is 10.5 Å². The zero-order valence-electron chi connectivity index (χ0n) is 12.1. The Morgan fingerprint density at radius 3 is 2.30 bits per heavy atom. The lowest BCUT2D eigenvalue weighted by molar-refractivity contribution is -0.872. The maximum absolute atomic E-state index is 11.0. The summed E-state index contributed by atoms with van der Waals surface area (Å²) in [6.45, 7) is 2.95. The summed E-state index contributed by atoms with van der Waals surface area (Å²) in [5, 5.41) is 11.0.